The highest BCUT2D eigenvalue weighted by Gasteiger charge is 2.52. The lowest BCUT2D eigenvalue weighted by molar-refractivity contribution is -0.128. The first-order chi connectivity index (χ1) is 18.7. The molecule has 0 saturated carbocycles. The standard InChI is InChI=1S/C25H23Cl2N7O5S/c1-14(21(35)32(3)23(29)37)31-40(38,39)20-13-30-24-33(19-9-17(26)8-18(27)10-19)22(36)25(2,34(20)24)11-15-4-6-16(12-28)7-5-15/h4-10,13-14,31H,11H2,1-3H3,(H2,29,37)/t14-,25+/m0/s1. The number of imidazole rings is 1. The number of hydrogen-bond acceptors (Lipinski definition) is 7. The van der Waals surface area contributed by atoms with E-state index < -0.39 is 44.5 Å². The van der Waals surface area contributed by atoms with Gasteiger partial charge < -0.3 is 5.73 Å². The number of carbonyl (C=O) groups is 3. The molecule has 2 aromatic carbocycles. The summed E-state index contributed by atoms with van der Waals surface area (Å²) in [5, 5.41) is 9.23. The molecule has 3 aromatic rings. The van der Waals surface area contributed by atoms with Crippen LogP contribution in [0.3, 0.4) is 0 Å². The van der Waals surface area contributed by atoms with Gasteiger partial charge >= 0.3 is 6.03 Å². The van der Waals surface area contributed by atoms with Crippen LogP contribution >= 0.6 is 23.2 Å². The summed E-state index contributed by atoms with van der Waals surface area (Å²) >= 11 is 12.4. The molecule has 4 amide bonds. The molecule has 12 nitrogen and oxygen atoms in total. The number of aromatic nitrogens is 2. The van der Waals surface area contributed by atoms with Crippen LogP contribution in [0.2, 0.25) is 10.0 Å². The summed E-state index contributed by atoms with van der Waals surface area (Å²) in [5.74, 6) is -1.43. The SMILES string of the molecule is C[C@H](NS(=O)(=O)c1cnc2n1[C@](C)(Cc1ccc(C#N)cc1)C(=O)N2c1cc(Cl)cc(Cl)c1)C(=O)N(C)C(N)=O. The van der Waals surface area contributed by atoms with Crippen LogP contribution in [-0.4, -0.2) is 53.8 Å². The van der Waals surface area contributed by atoms with Crippen LogP contribution in [0.5, 0.6) is 0 Å². The number of sulfonamides is 1. The summed E-state index contributed by atoms with van der Waals surface area (Å²) < 4.78 is 30.6. The largest absolute Gasteiger partial charge is 0.351 e. The van der Waals surface area contributed by atoms with Crippen molar-refractivity contribution in [3.05, 3.63) is 69.8 Å². The number of nitrogens with one attached hydrogen (secondary N) is 1. The van der Waals surface area contributed by atoms with Crippen LogP contribution in [0.4, 0.5) is 16.4 Å². The number of rotatable bonds is 7. The number of halogens is 2. The van der Waals surface area contributed by atoms with Crippen molar-refractivity contribution < 1.29 is 22.8 Å². The molecule has 0 spiro atoms. The van der Waals surface area contributed by atoms with Crippen LogP contribution in [0.25, 0.3) is 0 Å². The van der Waals surface area contributed by atoms with Crippen molar-refractivity contribution in [1.29, 1.82) is 5.26 Å². The van der Waals surface area contributed by atoms with Crippen LogP contribution < -0.4 is 15.4 Å². The van der Waals surface area contributed by atoms with Gasteiger partial charge in [0.25, 0.3) is 15.9 Å². The lowest BCUT2D eigenvalue weighted by atomic mass is 9.91. The average molecular weight is 604 g/mol. The fourth-order valence-electron chi connectivity index (χ4n) is 4.46. The molecule has 0 aliphatic carbocycles. The number of carbonyl (C=O) groups excluding carboxylic acids is 3. The third kappa shape index (κ3) is 5.14. The molecule has 15 heteroatoms. The number of amides is 4. The highest BCUT2D eigenvalue weighted by Crippen LogP contribution is 2.44. The van der Waals surface area contributed by atoms with Gasteiger partial charge in [-0.25, -0.2) is 23.1 Å². The average Bonchev–Trinajstić information content (AvgIpc) is 3.41. The van der Waals surface area contributed by atoms with Gasteiger partial charge in [0.1, 0.15) is 5.54 Å². The number of primary amides is 1. The lowest BCUT2D eigenvalue weighted by Gasteiger charge is -2.27. The second-order valence-corrected chi connectivity index (χ2v) is 11.9. The Hall–Kier alpha value is -3.96. The molecule has 1 aromatic heterocycles. The minimum Gasteiger partial charge on any atom is -0.351 e. The van der Waals surface area contributed by atoms with Crippen molar-refractivity contribution >= 4 is 62.7 Å². The van der Waals surface area contributed by atoms with Gasteiger partial charge in [0.05, 0.1) is 29.6 Å². The smallest absolute Gasteiger partial charge is 0.321 e. The van der Waals surface area contributed by atoms with Crippen molar-refractivity contribution in [1.82, 2.24) is 19.2 Å². The maximum absolute atomic E-state index is 14.1. The number of nitriles is 1. The lowest BCUT2D eigenvalue weighted by Crippen LogP contribution is -2.49. The molecule has 2 atom stereocenters. The second kappa shape index (κ2) is 10.5. The third-order valence-corrected chi connectivity index (χ3v) is 8.38. The van der Waals surface area contributed by atoms with Gasteiger partial charge in [-0.2, -0.15) is 9.98 Å². The van der Waals surface area contributed by atoms with Crippen molar-refractivity contribution in [2.45, 2.75) is 36.9 Å². The Morgan fingerprint density at radius 1 is 1.20 bits per heavy atom. The first-order valence-electron chi connectivity index (χ1n) is 11.7. The molecule has 0 bridgehead atoms. The first-order valence-corrected chi connectivity index (χ1v) is 13.9. The van der Waals surface area contributed by atoms with Crippen LogP contribution in [0.15, 0.2) is 53.7 Å². The predicted octanol–water partition coefficient (Wildman–Crippen LogP) is 2.90. The molecular formula is C25H23Cl2N7O5S. The van der Waals surface area contributed by atoms with E-state index in [1.54, 1.807) is 31.2 Å². The molecule has 3 N–H and O–H groups in total. The normalized spacial score (nSPS) is 17.3. The second-order valence-electron chi connectivity index (χ2n) is 9.34. The van der Waals surface area contributed by atoms with Crippen LogP contribution in [-0.2, 0) is 31.6 Å². The molecule has 0 radical (unpaired) electrons. The molecule has 0 fully saturated rings. The van der Waals surface area contributed by atoms with Crippen molar-refractivity contribution in [2.24, 2.45) is 5.73 Å². The number of imide groups is 1. The fraction of sp³-hybridized carbons (Fsp3) is 0.240. The number of urea groups is 1. The number of nitrogens with zero attached hydrogens (tertiary/aromatic N) is 5. The van der Waals surface area contributed by atoms with Crippen molar-refractivity contribution in [2.75, 3.05) is 11.9 Å². The zero-order valence-electron chi connectivity index (χ0n) is 21.4. The minimum atomic E-state index is -4.49. The van der Waals surface area contributed by atoms with Crippen LogP contribution in [0.1, 0.15) is 25.0 Å². The molecule has 4 rings (SSSR count). The maximum Gasteiger partial charge on any atom is 0.321 e. The Bertz CT molecular complexity index is 1660. The van der Waals surface area contributed by atoms with E-state index in [1.165, 1.54) is 34.6 Å². The van der Waals surface area contributed by atoms with E-state index in [1.807, 2.05) is 6.07 Å². The minimum absolute atomic E-state index is 0.0203. The molecule has 0 unspecified atom stereocenters. The van der Waals surface area contributed by atoms with E-state index >= 15 is 0 Å². The topological polar surface area (TPSA) is 171 Å². The van der Waals surface area contributed by atoms with E-state index in [9.17, 15) is 22.8 Å². The molecule has 1 aliphatic rings. The molecular weight excluding hydrogens is 581 g/mol. The quantitative estimate of drug-likeness (QED) is 0.417. The van der Waals surface area contributed by atoms with Gasteiger partial charge in [-0.3, -0.25) is 19.1 Å². The van der Waals surface area contributed by atoms with E-state index in [2.05, 4.69) is 9.71 Å². The highest BCUT2D eigenvalue weighted by molar-refractivity contribution is 7.89. The number of nitrogens with two attached hydrogens (primary N) is 1. The molecule has 0 saturated heterocycles. The van der Waals surface area contributed by atoms with Gasteiger partial charge in [0.2, 0.25) is 11.9 Å². The van der Waals surface area contributed by atoms with Crippen LogP contribution in [0, 0.1) is 11.3 Å². The summed E-state index contributed by atoms with van der Waals surface area (Å²) in [4.78, 5) is 44.0. The van der Waals surface area contributed by atoms with E-state index in [0.29, 0.717) is 16.0 Å². The van der Waals surface area contributed by atoms with Gasteiger partial charge in [-0.05, 0) is 49.7 Å². The first kappa shape index (κ1) is 29.0. The van der Waals surface area contributed by atoms with Gasteiger partial charge in [-0.15, -0.1) is 0 Å². The molecule has 1 aliphatic heterocycles. The number of benzene rings is 2. The Morgan fingerprint density at radius 2 is 1.80 bits per heavy atom. The fourth-order valence-corrected chi connectivity index (χ4v) is 6.37. The monoisotopic (exact) mass is 603 g/mol. The van der Waals surface area contributed by atoms with E-state index in [0.717, 1.165) is 13.2 Å². The summed E-state index contributed by atoms with van der Waals surface area (Å²) in [7, 11) is -3.37. The summed E-state index contributed by atoms with van der Waals surface area (Å²) in [6.07, 6.45) is 1.09. The van der Waals surface area contributed by atoms with E-state index in [4.69, 9.17) is 34.2 Å². The molecule has 40 heavy (non-hydrogen) atoms. The summed E-state index contributed by atoms with van der Waals surface area (Å²) in [5.41, 5.74) is 4.93. The zero-order chi connectivity index (χ0) is 29.6. The maximum atomic E-state index is 14.1. The van der Waals surface area contributed by atoms with Crippen molar-refractivity contribution in [3.8, 4) is 6.07 Å². The van der Waals surface area contributed by atoms with E-state index in [-0.39, 0.29) is 28.1 Å². The Morgan fingerprint density at radius 3 is 2.35 bits per heavy atom. The zero-order valence-corrected chi connectivity index (χ0v) is 23.8. The summed E-state index contributed by atoms with van der Waals surface area (Å²) in [6, 6.07) is 10.6. The van der Waals surface area contributed by atoms with Crippen molar-refractivity contribution in [3.63, 3.8) is 0 Å². The number of hydrogen-bond donors (Lipinski definition) is 2. The number of anilines is 2. The summed E-state index contributed by atoms with van der Waals surface area (Å²) in [6.45, 7) is 2.81. The molecule has 208 valence electrons. The highest BCUT2D eigenvalue weighted by atomic mass is 35.5. The number of fused-ring (bicyclic) bond motifs is 1. The predicted molar refractivity (Wildman–Crippen MR) is 146 cm³/mol. The Balaban J connectivity index is 1.84. The third-order valence-electron chi connectivity index (χ3n) is 6.44. The Labute approximate surface area is 239 Å². The van der Waals surface area contributed by atoms with Gasteiger partial charge in [0, 0.05) is 23.5 Å². The van der Waals surface area contributed by atoms with Gasteiger partial charge in [-0.1, -0.05) is 35.3 Å². The van der Waals surface area contributed by atoms with Gasteiger partial charge in [0.15, 0.2) is 5.03 Å². The molecule has 2 heterocycles. The number of likely N-dealkylation sites (N-methyl/N-ethyl adjacent to an activating group) is 1. The Kier molecular flexibility index (Phi) is 7.66.